The number of benzene rings is 1. The predicted molar refractivity (Wildman–Crippen MR) is 71.7 cm³/mol. The fourth-order valence-electron chi connectivity index (χ4n) is 1.91. The number of aryl methyl sites for hydroxylation is 1. The standard InChI is InChI=1S/C14H19N3O2/c1-3-12(18)11-7-5-6-8-13(11)19-9-14-15-10-16-17(14)4-2/h5-8,10,12,18H,3-4,9H2,1-2H3. The Morgan fingerprint density at radius 1 is 1.32 bits per heavy atom. The predicted octanol–water partition coefficient (Wildman–Crippen LogP) is 2.32. The molecule has 2 rings (SSSR count). The molecule has 19 heavy (non-hydrogen) atoms. The molecule has 5 heteroatoms. The molecule has 0 amide bonds. The molecule has 1 heterocycles. The summed E-state index contributed by atoms with van der Waals surface area (Å²) in [5, 5.41) is 14.1. The Balaban J connectivity index is 2.11. The third-order valence-corrected chi connectivity index (χ3v) is 3.02. The zero-order chi connectivity index (χ0) is 13.7. The summed E-state index contributed by atoms with van der Waals surface area (Å²) >= 11 is 0. The van der Waals surface area contributed by atoms with E-state index in [1.165, 1.54) is 6.33 Å². The van der Waals surface area contributed by atoms with Gasteiger partial charge in [0.25, 0.3) is 0 Å². The second-order valence-electron chi connectivity index (χ2n) is 4.24. The maximum atomic E-state index is 9.95. The van der Waals surface area contributed by atoms with Crippen LogP contribution in [0.5, 0.6) is 5.75 Å². The summed E-state index contributed by atoms with van der Waals surface area (Å²) in [6.45, 7) is 5.06. The molecular formula is C14H19N3O2. The third kappa shape index (κ3) is 3.12. The van der Waals surface area contributed by atoms with E-state index in [-0.39, 0.29) is 0 Å². The van der Waals surface area contributed by atoms with Gasteiger partial charge in [0.15, 0.2) is 5.82 Å². The zero-order valence-corrected chi connectivity index (χ0v) is 11.3. The van der Waals surface area contributed by atoms with E-state index in [1.54, 1.807) is 4.68 Å². The Labute approximate surface area is 112 Å². The highest BCUT2D eigenvalue weighted by atomic mass is 16.5. The minimum atomic E-state index is -0.500. The molecule has 2 aromatic rings. The lowest BCUT2D eigenvalue weighted by Gasteiger charge is -2.14. The fourth-order valence-corrected chi connectivity index (χ4v) is 1.91. The number of hydrogen-bond acceptors (Lipinski definition) is 4. The van der Waals surface area contributed by atoms with Gasteiger partial charge in [-0.3, -0.25) is 0 Å². The van der Waals surface area contributed by atoms with Crippen LogP contribution in [0, 0.1) is 0 Å². The molecule has 0 fully saturated rings. The molecule has 0 aliphatic rings. The summed E-state index contributed by atoms with van der Waals surface area (Å²) in [6.07, 6.45) is 1.68. The van der Waals surface area contributed by atoms with Crippen LogP contribution in [0.4, 0.5) is 0 Å². The Kier molecular flexibility index (Phi) is 4.52. The Morgan fingerprint density at radius 2 is 2.11 bits per heavy atom. The molecule has 5 nitrogen and oxygen atoms in total. The molecule has 1 N–H and O–H groups in total. The first-order valence-corrected chi connectivity index (χ1v) is 6.52. The average molecular weight is 261 g/mol. The molecule has 0 aliphatic heterocycles. The number of ether oxygens (including phenoxy) is 1. The van der Waals surface area contributed by atoms with Crippen molar-refractivity contribution in [3.63, 3.8) is 0 Å². The first-order chi connectivity index (χ1) is 9.26. The number of hydrogen-bond donors (Lipinski definition) is 1. The number of para-hydroxylation sites is 1. The van der Waals surface area contributed by atoms with Crippen LogP contribution >= 0.6 is 0 Å². The van der Waals surface area contributed by atoms with Crippen molar-refractivity contribution >= 4 is 0 Å². The Bertz CT molecular complexity index is 525. The summed E-state index contributed by atoms with van der Waals surface area (Å²) in [4.78, 5) is 4.16. The lowest BCUT2D eigenvalue weighted by Crippen LogP contribution is -2.08. The van der Waals surface area contributed by atoms with Gasteiger partial charge < -0.3 is 9.84 Å². The van der Waals surface area contributed by atoms with Crippen molar-refractivity contribution in [3.8, 4) is 5.75 Å². The van der Waals surface area contributed by atoms with Gasteiger partial charge in [0.05, 0.1) is 6.10 Å². The van der Waals surface area contributed by atoms with Crippen LogP contribution in [0.15, 0.2) is 30.6 Å². The highest BCUT2D eigenvalue weighted by molar-refractivity contribution is 5.35. The number of nitrogens with zero attached hydrogens (tertiary/aromatic N) is 3. The minimum absolute atomic E-state index is 0.348. The Hall–Kier alpha value is -1.88. The van der Waals surface area contributed by atoms with Crippen LogP contribution in [-0.2, 0) is 13.2 Å². The maximum Gasteiger partial charge on any atom is 0.164 e. The van der Waals surface area contributed by atoms with Crippen LogP contribution in [0.3, 0.4) is 0 Å². The Morgan fingerprint density at radius 3 is 2.84 bits per heavy atom. The molecule has 0 spiro atoms. The minimum Gasteiger partial charge on any atom is -0.485 e. The van der Waals surface area contributed by atoms with Gasteiger partial charge in [-0.15, -0.1) is 0 Å². The van der Waals surface area contributed by atoms with E-state index < -0.39 is 6.10 Å². The summed E-state index contributed by atoms with van der Waals surface area (Å²) in [7, 11) is 0. The summed E-state index contributed by atoms with van der Waals surface area (Å²) < 4.78 is 7.55. The van der Waals surface area contributed by atoms with Crippen molar-refractivity contribution in [2.24, 2.45) is 0 Å². The SMILES string of the molecule is CCC(O)c1ccccc1OCc1ncnn1CC. The monoisotopic (exact) mass is 261 g/mol. The van der Waals surface area contributed by atoms with Crippen molar-refractivity contribution in [1.82, 2.24) is 14.8 Å². The molecular weight excluding hydrogens is 242 g/mol. The lowest BCUT2D eigenvalue weighted by atomic mass is 10.1. The van der Waals surface area contributed by atoms with Gasteiger partial charge in [-0.25, -0.2) is 9.67 Å². The smallest absolute Gasteiger partial charge is 0.164 e. The van der Waals surface area contributed by atoms with Gasteiger partial charge >= 0.3 is 0 Å². The first kappa shape index (κ1) is 13.5. The largest absolute Gasteiger partial charge is 0.485 e. The van der Waals surface area contributed by atoms with E-state index in [2.05, 4.69) is 10.1 Å². The summed E-state index contributed by atoms with van der Waals surface area (Å²) in [6, 6.07) is 7.54. The molecule has 1 aromatic carbocycles. The van der Waals surface area contributed by atoms with Crippen molar-refractivity contribution in [2.45, 2.75) is 39.5 Å². The normalized spacial score (nSPS) is 12.4. The second-order valence-corrected chi connectivity index (χ2v) is 4.24. The van der Waals surface area contributed by atoms with E-state index in [0.29, 0.717) is 18.8 Å². The third-order valence-electron chi connectivity index (χ3n) is 3.02. The number of aliphatic hydroxyl groups excluding tert-OH is 1. The van der Waals surface area contributed by atoms with Crippen LogP contribution in [-0.4, -0.2) is 19.9 Å². The summed E-state index contributed by atoms with van der Waals surface area (Å²) in [5.74, 6) is 1.48. The van der Waals surface area contributed by atoms with E-state index in [4.69, 9.17) is 4.74 Å². The van der Waals surface area contributed by atoms with E-state index in [9.17, 15) is 5.11 Å². The van der Waals surface area contributed by atoms with Gasteiger partial charge in [0.1, 0.15) is 18.7 Å². The van der Waals surface area contributed by atoms with Gasteiger partial charge in [-0.05, 0) is 19.4 Å². The van der Waals surface area contributed by atoms with E-state index in [0.717, 1.165) is 17.9 Å². The van der Waals surface area contributed by atoms with Gasteiger partial charge in [0, 0.05) is 12.1 Å². The molecule has 0 bridgehead atoms. The maximum absolute atomic E-state index is 9.95. The van der Waals surface area contributed by atoms with Crippen LogP contribution in [0.2, 0.25) is 0 Å². The highest BCUT2D eigenvalue weighted by Crippen LogP contribution is 2.27. The van der Waals surface area contributed by atoms with Crippen LogP contribution in [0.1, 0.15) is 37.8 Å². The lowest BCUT2D eigenvalue weighted by molar-refractivity contribution is 0.165. The molecule has 1 aromatic heterocycles. The van der Waals surface area contributed by atoms with Gasteiger partial charge in [0.2, 0.25) is 0 Å². The molecule has 0 saturated heterocycles. The fraction of sp³-hybridized carbons (Fsp3) is 0.429. The van der Waals surface area contributed by atoms with Crippen LogP contribution in [0.25, 0.3) is 0 Å². The zero-order valence-electron chi connectivity index (χ0n) is 11.3. The number of aromatic nitrogens is 3. The van der Waals surface area contributed by atoms with Crippen molar-refractivity contribution in [2.75, 3.05) is 0 Å². The molecule has 102 valence electrons. The average Bonchev–Trinajstić information content (AvgIpc) is 2.92. The van der Waals surface area contributed by atoms with Gasteiger partial charge in [-0.2, -0.15) is 5.10 Å². The van der Waals surface area contributed by atoms with Crippen molar-refractivity contribution < 1.29 is 9.84 Å². The van der Waals surface area contributed by atoms with Crippen LogP contribution < -0.4 is 4.74 Å². The number of aliphatic hydroxyl groups is 1. The molecule has 0 radical (unpaired) electrons. The number of rotatable bonds is 6. The topological polar surface area (TPSA) is 60.2 Å². The molecule has 0 aliphatic carbocycles. The molecule has 1 atom stereocenters. The van der Waals surface area contributed by atoms with E-state index in [1.807, 2.05) is 38.1 Å². The van der Waals surface area contributed by atoms with Gasteiger partial charge in [-0.1, -0.05) is 25.1 Å². The van der Waals surface area contributed by atoms with Crippen molar-refractivity contribution in [3.05, 3.63) is 42.0 Å². The first-order valence-electron chi connectivity index (χ1n) is 6.52. The molecule has 0 saturated carbocycles. The highest BCUT2D eigenvalue weighted by Gasteiger charge is 2.12. The summed E-state index contributed by atoms with van der Waals surface area (Å²) in [5.41, 5.74) is 0.813. The quantitative estimate of drug-likeness (QED) is 0.867. The molecule has 1 unspecified atom stereocenters. The second kappa shape index (κ2) is 6.33. The van der Waals surface area contributed by atoms with Crippen molar-refractivity contribution in [1.29, 1.82) is 0 Å². The van der Waals surface area contributed by atoms with E-state index >= 15 is 0 Å².